The van der Waals surface area contributed by atoms with Gasteiger partial charge in [-0.3, -0.25) is 0 Å². The Balaban J connectivity index is 2.02. The van der Waals surface area contributed by atoms with Gasteiger partial charge in [0.25, 0.3) is 0 Å². The van der Waals surface area contributed by atoms with E-state index in [1.54, 1.807) is 0 Å². The van der Waals surface area contributed by atoms with Crippen LogP contribution in [0.2, 0.25) is 0 Å². The molecule has 106 valence electrons. The second kappa shape index (κ2) is 6.31. The molecule has 2 heteroatoms. The lowest BCUT2D eigenvalue weighted by atomic mass is 9.78. The first-order valence-corrected chi connectivity index (χ1v) is 7.62. The quantitative estimate of drug-likeness (QED) is 0.864. The third-order valence-corrected chi connectivity index (χ3v) is 4.41. The van der Waals surface area contributed by atoms with Gasteiger partial charge in [-0.15, -0.1) is 0 Å². The van der Waals surface area contributed by atoms with Gasteiger partial charge >= 0.3 is 0 Å². The van der Waals surface area contributed by atoms with Crippen molar-refractivity contribution >= 4 is 11.4 Å². The Morgan fingerprint density at radius 3 is 2.26 bits per heavy atom. The predicted octanol–water partition coefficient (Wildman–Crippen LogP) is 4.38. The Labute approximate surface area is 118 Å². The summed E-state index contributed by atoms with van der Waals surface area (Å²) in [5, 5.41) is 3.76. The summed E-state index contributed by atoms with van der Waals surface area (Å²) in [4.78, 5) is 2.14. The maximum Gasteiger partial charge on any atom is 0.0362 e. The Kier molecular flexibility index (Phi) is 4.73. The van der Waals surface area contributed by atoms with Crippen molar-refractivity contribution in [3.63, 3.8) is 0 Å². The zero-order chi connectivity index (χ0) is 13.8. The van der Waals surface area contributed by atoms with Crippen molar-refractivity contribution < 1.29 is 0 Å². The molecule has 1 aromatic rings. The fraction of sp³-hybridized carbons (Fsp3) is 0.647. The molecule has 1 fully saturated rings. The van der Waals surface area contributed by atoms with E-state index in [4.69, 9.17) is 0 Å². The lowest BCUT2D eigenvalue weighted by Crippen LogP contribution is -2.35. The molecular weight excluding hydrogens is 232 g/mol. The fourth-order valence-corrected chi connectivity index (χ4v) is 3.21. The maximum atomic E-state index is 3.76. The topological polar surface area (TPSA) is 15.3 Å². The molecule has 0 aliphatic heterocycles. The van der Waals surface area contributed by atoms with Crippen LogP contribution in [0, 0.1) is 11.8 Å². The Hall–Kier alpha value is -1.18. The Morgan fingerprint density at radius 2 is 1.68 bits per heavy atom. The summed E-state index contributed by atoms with van der Waals surface area (Å²) in [6.07, 6.45) is 5.47. The van der Waals surface area contributed by atoms with Gasteiger partial charge in [0.2, 0.25) is 0 Å². The van der Waals surface area contributed by atoms with E-state index in [1.165, 1.54) is 37.1 Å². The molecule has 1 aliphatic carbocycles. The van der Waals surface area contributed by atoms with E-state index in [0.29, 0.717) is 6.04 Å². The van der Waals surface area contributed by atoms with E-state index < -0.39 is 0 Å². The number of nitrogens with one attached hydrogen (secondary N) is 1. The largest absolute Gasteiger partial charge is 0.382 e. The van der Waals surface area contributed by atoms with Gasteiger partial charge in [0, 0.05) is 31.5 Å². The normalized spacial score (nSPS) is 23.4. The summed E-state index contributed by atoms with van der Waals surface area (Å²) in [6, 6.07) is 9.45. The molecule has 2 rings (SSSR count). The summed E-state index contributed by atoms with van der Waals surface area (Å²) in [7, 11) is 4.16. The van der Waals surface area contributed by atoms with Crippen LogP contribution in [-0.4, -0.2) is 20.1 Å². The zero-order valence-electron chi connectivity index (χ0n) is 12.8. The van der Waals surface area contributed by atoms with Gasteiger partial charge in [-0.05, 0) is 48.9 Å². The van der Waals surface area contributed by atoms with Gasteiger partial charge in [0.05, 0.1) is 0 Å². The molecule has 0 bridgehead atoms. The molecule has 1 aliphatic rings. The first-order chi connectivity index (χ1) is 9.08. The van der Waals surface area contributed by atoms with Gasteiger partial charge < -0.3 is 10.2 Å². The van der Waals surface area contributed by atoms with Crippen LogP contribution in [0.25, 0.3) is 0 Å². The molecule has 19 heavy (non-hydrogen) atoms. The van der Waals surface area contributed by atoms with E-state index in [9.17, 15) is 0 Å². The standard InChI is InChI=1S/C17H28N2/c1-13(2)16-7-5-6-8-17(16)18-14-9-11-15(12-10-14)19(3)4/h9-13,16-18H,5-8H2,1-4H3. The average molecular weight is 260 g/mol. The third-order valence-electron chi connectivity index (χ3n) is 4.41. The number of benzene rings is 1. The van der Waals surface area contributed by atoms with E-state index in [1.807, 2.05) is 0 Å². The summed E-state index contributed by atoms with van der Waals surface area (Å²) in [5.74, 6) is 1.60. The molecule has 2 unspecified atom stereocenters. The molecule has 1 aromatic carbocycles. The monoisotopic (exact) mass is 260 g/mol. The van der Waals surface area contributed by atoms with Crippen molar-refractivity contribution in [1.29, 1.82) is 0 Å². The second-order valence-electron chi connectivity index (χ2n) is 6.38. The van der Waals surface area contributed by atoms with Crippen LogP contribution in [0.5, 0.6) is 0 Å². The first-order valence-electron chi connectivity index (χ1n) is 7.62. The lowest BCUT2D eigenvalue weighted by molar-refractivity contribution is 0.254. The molecule has 0 amide bonds. The summed E-state index contributed by atoms with van der Waals surface area (Å²) in [5.41, 5.74) is 2.53. The van der Waals surface area contributed by atoms with Crippen LogP contribution in [0.4, 0.5) is 11.4 Å². The van der Waals surface area contributed by atoms with Crippen LogP contribution in [0.1, 0.15) is 39.5 Å². The van der Waals surface area contributed by atoms with Crippen molar-refractivity contribution in [2.24, 2.45) is 11.8 Å². The number of hydrogen-bond donors (Lipinski definition) is 1. The van der Waals surface area contributed by atoms with Gasteiger partial charge in [-0.25, -0.2) is 0 Å². The van der Waals surface area contributed by atoms with E-state index in [0.717, 1.165) is 11.8 Å². The molecule has 0 saturated heterocycles. The Morgan fingerprint density at radius 1 is 1.05 bits per heavy atom. The van der Waals surface area contributed by atoms with E-state index in [-0.39, 0.29) is 0 Å². The predicted molar refractivity (Wildman–Crippen MR) is 85.0 cm³/mol. The molecular formula is C17H28N2. The minimum Gasteiger partial charge on any atom is -0.382 e. The average Bonchev–Trinajstić information content (AvgIpc) is 2.39. The van der Waals surface area contributed by atoms with Crippen molar-refractivity contribution in [2.45, 2.75) is 45.6 Å². The number of anilines is 2. The highest BCUT2D eigenvalue weighted by molar-refractivity contribution is 5.54. The van der Waals surface area contributed by atoms with Crippen LogP contribution < -0.4 is 10.2 Å². The maximum absolute atomic E-state index is 3.76. The number of nitrogens with zero attached hydrogens (tertiary/aromatic N) is 1. The third kappa shape index (κ3) is 3.65. The van der Waals surface area contributed by atoms with Crippen molar-refractivity contribution in [3.8, 4) is 0 Å². The summed E-state index contributed by atoms with van der Waals surface area (Å²) >= 11 is 0. The SMILES string of the molecule is CC(C)C1CCCCC1Nc1ccc(N(C)C)cc1. The molecule has 0 aromatic heterocycles. The Bertz CT molecular complexity index is 381. The van der Waals surface area contributed by atoms with Crippen molar-refractivity contribution in [3.05, 3.63) is 24.3 Å². The lowest BCUT2D eigenvalue weighted by Gasteiger charge is -2.35. The first kappa shape index (κ1) is 14.2. The van der Waals surface area contributed by atoms with Crippen LogP contribution in [-0.2, 0) is 0 Å². The highest BCUT2D eigenvalue weighted by atomic mass is 15.1. The van der Waals surface area contributed by atoms with E-state index in [2.05, 4.69) is 62.4 Å². The highest BCUT2D eigenvalue weighted by Gasteiger charge is 2.27. The molecule has 0 heterocycles. The molecule has 0 radical (unpaired) electrons. The minimum atomic E-state index is 0.652. The molecule has 1 N–H and O–H groups in total. The van der Waals surface area contributed by atoms with Gasteiger partial charge in [0.1, 0.15) is 0 Å². The molecule has 0 spiro atoms. The minimum absolute atomic E-state index is 0.652. The molecule has 1 saturated carbocycles. The van der Waals surface area contributed by atoms with Gasteiger partial charge in [0.15, 0.2) is 0 Å². The van der Waals surface area contributed by atoms with E-state index >= 15 is 0 Å². The van der Waals surface area contributed by atoms with Gasteiger partial charge in [-0.1, -0.05) is 26.7 Å². The fourth-order valence-electron chi connectivity index (χ4n) is 3.21. The van der Waals surface area contributed by atoms with Crippen molar-refractivity contribution in [1.82, 2.24) is 0 Å². The molecule has 2 nitrogen and oxygen atoms in total. The van der Waals surface area contributed by atoms with Crippen molar-refractivity contribution in [2.75, 3.05) is 24.3 Å². The number of rotatable bonds is 4. The second-order valence-corrected chi connectivity index (χ2v) is 6.38. The van der Waals surface area contributed by atoms with Crippen LogP contribution in [0.15, 0.2) is 24.3 Å². The highest BCUT2D eigenvalue weighted by Crippen LogP contribution is 2.32. The summed E-state index contributed by atoms with van der Waals surface area (Å²) in [6.45, 7) is 4.72. The smallest absolute Gasteiger partial charge is 0.0362 e. The molecule has 2 atom stereocenters. The zero-order valence-corrected chi connectivity index (χ0v) is 12.8. The van der Waals surface area contributed by atoms with Gasteiger partial charge in [-0.2, -0.15) is 0 Å². The number of hydrogen-bond acceptors (Lipinski definition) is 2. The summed E-state index contributed by atoms with van der Waals surface area (Å²) < 4.78 is 0. The van der Waals surface area contributed by atoms with Crippen LogP contribution >= 0.6 is 0 Å². The van der Waals surface area contributed by atoms with Crippen LogP contribution in [0.3, 0.4) is 0 Å².